The van der Waals surface area contributed by atoms with Crippen LogP contribution in [0.4, 0.5) is 0 Å². The number of Topliss-reactive ketones (excluding diaryl/α,β-unsaturated/α-hetero) is 1. The zero-order chi connectivity index (χ0) is 14.3. The quantitative estimate of drug-likeness (QED) is 0.778. The number of nitrogens with zero attached hydrogens (tertiary/aromatic N) is 1. The first-order valence-electron chi connectivity index (χ1n) is 7.92. The molecule has 0 N–H and O–H groups in total. The van der Waals surface area contributed by atoms with Crippen LogP contribution in [0.5, 0.6) is 0 Å². The molecule has 2 atom stereocenters. The molecule has 2 aliphatic rings. The van der Waals surface area contributed by atoms with E-state index in [1.807, 2.05) is 12.1 Å². The Kier molecular flexibility index (Phi) is 3.68. The van der Waals surface area contributed by atoms with Crippen LogP contribution in [0.1, 0.15) is 61.4 Å². The number of benzene rings is 1. The van der Waals surface area contributed by atoms with Crippen molar-refractivity contribution in [3.05, 3.63) is 35.4 Å². The van der Waals surface area contributed by atoms with Gasteiger partial charge in [0.05, 0.1) is 0 Å². The average Bonchev–Trinajstić information content (AvgIpc) is 2.68. The molecule has 2 bridgehead atoms. The van der Waals surface area contributed by atoms with Gasteiger partial charge in [-0.25, -0.2) is 0 Å². The van der Waals surface area contributed by atoms with Crippen molar-refractivity contribution in [2.75, 3.05) is 7.05 Å². The number of hydrogen-bond acceptors (Lipinski definition) is 2. The first kappa shape index (κ1) is 13.8. The van der Waals surface area contributed by atoms with Crippen LogP contribution < -0.4 is 0 Å². The highest BCUT2D eigenvalue weighted by Crippen LogP contribution is 2.38. The molecule has 0 spiro atoms. The van der Waals surface area contributed by atoms with Gasteiger partial charge in [0, 0.05) is 23.6 Å². The number of fused-ring (bicyclic) bond motifs is 2. The lowest BCUT2D eigenvalue weighted by atomic mass is 9.84. The van der Waals surface area contributed by atoms with E-state index in [2.05, 4.69) is 37.9 Å². The van der Waals surface area contributed by atoms with Crippen LogP contribution in [0.25, 0.3) is 0 Å². The summed E-state index contributed by atoms with van der Waals surface area (Å²) in [6.45, 7) is 4.36. The van der Waals surface area contributed by atoms with Gasteiger partial charge in [0.15, 0.2) is 5.78 Å². The van der Waals surface area contributed by atoms with E-state index in [1.54, 1.807) is 0 Å². The van der Waals surface area contributed by atoms with Crippen LogP contribution in [-0.4, -0.2) is 29.8 Å². The largest absolute Gasteiger partial charge is 0.300 e. The minimum atomic E-state index is 0.242. The maximum atomic E-state index is 12.8. The smallest absolute Gasteiger partial charge is 0.166 e. The second-order valence-electron chi connectivity index (χ2n) is 6.86. The third kappa shape index (κ3) is 2.42. The Bertz CT molecular complexity index is 494. The monoisotopic (exact) mass is 271 g/mol. The minimum Gasteiger partial charge on any atom is -0.300 e. The van der Waals surface area contributed by atoms with E-state index in [1.165, 1.54) is 18.4 Å². The molecule has 2 aliphatic heterocycles. The third-order valence-electron chi connectivity index (χ3n) is 5.31. The van der Waals surface area contributed by atoms with Gasteiger partial charge in [-0.05, 0) is 50.3 Å². The lowest BCUT2D eigenvalue weighted by molar-refractivity contribution is 0.0767. The first-order valence-corrected chi connectivity index (χ1v) is 7.92. The molecule has 0 saturated carbocycles. The highest BCUT2D eigenvalue weighted by molar-refractivity contribution is 5.98. The third-order valence-corrected chi connectivity index (χ3v) is 5.31. The highest BCUT2D eigenvalue weighted by atomic mass is 16.1. The number of rotatable bonds is 3. The van der Waals surface area contributed by atoms with E-state index in [0.717, 1.165) is 18.4 Å². The number of hydrogen-bond donors (Lipinski definition) is 0. The fraction of sp³-hybridized carbons (Fsp3) is 0.611. The van der Waals surface area contributed by atoms with E-state index in [0.29, 0.717) is 23.8 Å². The van der Waals surface area contributed by atoms with Gasteiger partial charge in [0.25, 0.3) is 0 Å². The predicted molar refractivity (Wildman–Crippen MR) is 82.2 cm³/mol. The Morgan fingerprint density at radius 1 is 1.20 bits per heavy atom. The van der Waals surface area contributed by atoms with Crippen LogP contribution in [0.3, 0.4) is 0 Å². The molecule has 2 nitrogen and oxygen atoms in total. The number of ketones is 1. The van der Waals surface area contributed by atoms with Gasteiger partial charge in [-0.15, -0.1) is 0 Å². The zero-order valence-electron chi connectivity index (χ0n) is 12.8. The molecule has 0 amide bonds. The lowest BCUT2D eigenvalue weighted by Crippen LogP contribution is -2.42. The van der Waals surface area contributed by atoms with E-state index < -0.39 is 0 Å². The Labute approximate surface area is 122 Å². The first-order chi connectivity index (χ1) is 9.56. The van der Waals surface area contributed by atoms with Crippen molar-refractivity contribution in [3.63, 3.8) is 0 Å². The normalized spacial score (nSPS) is 29.9. The number of piperidine rings is 1. The molecule has 3 rings (SSSR count). The van der Waals surface area contributed by atoms with Crippen LogP contribution in [0.15, 0.2) is 24.3 Å². The molecule has 20 heavy (non-hydrogen) atoms. The summed E-state index contributed by atoms with van der Waals surface area (Å²) in [5, 5.41) is 0. The molecular weight excluding hydrogens is 246 g/mol. The van der Waals surface area contributed by atoms with Crippen molar-refractivity contribution in [1.29, 1.82) is 0 Å². The minimum absolute atomic E-state index is 0.242. The maximum absolute atomic E-state index is 12.8. The van der Waals surface area contributed by atoms with Crippen LogP contribution >= 0.6 is 0 Å². The Hall–Kier alpha value is -1.15. The number of carbonyl (C=O) groups is 1. The van der Waals surface area contributed by atoms with Gasteiger partial charge < -0.3 is 4.90 Å². The van der Waals surface area contributed by atoms with Gasteiger partial charge in [0.2, 0.25) is 0 Å². The summed E-state index contributed by atoms with van der Waals surface area (Å²) in [5.41, 5.74) is 2.19. The number of carbonyl (C=O) groups excluding carboxylic acids is 1. The van der Waals surface area contributed by atoms with E-state index in [9.17, 15) is 4.79 Å². The molecule has 108 valence electrons. The van der Waals surface area contributed by atoms with Crippen molar-refractivity contribution >= 4 is 5.78 Å². The molecule has 0 aliphatic carbocycles. The SMILES string of the molecule is CC(C)c1cccc(C(=O)C2CC3CCC(C2)N3C)c1. The molecule has 2 fully saturated rings. The molecule has 2 saturated heterocycles. The van der Waals surface area contributed by atoms with Gasteiger partial charge in [-0.2, -0.15) is 0 Å². The van der Waals surface area contributed by atoms with E-state index >= 15 is 0 Å². The molecule has 0 aromatic heterocycles. The van der Waals surface area contributed by atoms with Gasteiger partial charge in [0.1, 0.15) is 0 Å². The van der Waals surface area contributed by atoms with Crippen LogP contribution in [0, 0.1) is 5.92 Å². The van der Waals surface area contributed by atoms with Gasteiger partial charge >= 0.3 is 0 Å². The van der Waals surface area contributed by atoms with E-state index in [4.69, 9.17) is 0 Å². The van der Waals surface area contributed by atoms with Crippen molar-refractivity contribution in [2.45, 2.75) is 57.5 Å². The Morgan fingerprint density at radius 2 is 1.85 bits per heavy atom. The molecule has 2 heteroatoms. The van der Waals surface area contributed by atoms with Crippen molar-refractivity contribution < 1.29 is 4.79 Å². The van der Waals surface area contributed by atoms with Crippen molar-refractivity contribution in [3.8, 4) is 0 Å². The van der Waals surface area contributed by atoms with Crippen LogP contribution in [0.2, 0.25) is 0 Å². The van der Waals surface area contributed by atoms with Gasteiger partial charge in [-0.1, -0.05) is 32.0 Å². The summed E-state index contributed by atoms with van der Waals surface area (Å²) >= 11 is 0. The zero-order valence-corrected chi connectivity index (χ0v) is 12.8. The summed E-state index contributed by atoms with van der Waals surface area (Å²) in [6.07, 6.45) is 4.66. The Balaban J connectivity index is 1.78. The summed E-state index contributed by atoms with van der Waals surface area (Å²) < 4.78 is 0. The fourth-order valence-electron chi connectivity index (χ4n) is 3.91. The maximum Gasteiger partial charge on any atom is 0.166 e. The second kappa shape index (κ2) is 5.33. The average molecular weight is 271 g/mol. The highest BCUT2D eigenvalue weighted by Gasteiger charge is 2.40. The summed E-state index contributed by atoms with van der Waals surface area (Å²) in [5.74, 6) is 1.10. The topological polar surface area (TPSA) is 20.3 Å². The van der Waals surface area contributed by atoms with Crippen molar-refractivity contribution in [2.24, 2.45) is 5.92 Å². The summed E-state index contributed by atoms with van der Waals surface area (Å²) in [4.78, 5) is 15.3. The molecule has 1 aromatic carbocycles. The predicted octanol–water partition coefficient (Wildman–Crippen LogP) is 3.87. The lowest BCUT2D eigenvalue weighted by Gasteiger charge is -2.35. The molecular formula is C18H25NO. The van der Waals surface area contributed by atoms with Crippen LogP contribution in [-0.2, 0) is 0 Å². The second-order valence-corrected chi connectivity index (χ2v) is 6.86. The fourth-order valence-corrected chi connectivity index (χ4v) is 3.91. The standard InChI is InChI=1S/C18H25NO/c1-12(2)13-5-4-6-14(9-13)18(20)15-10-16-7-8-17(11-15)19(16)3/h4-6,9,12,15-17H,7-8,10-11H2,1-3H3. The molecule has 0 radical (unpaired) electrons. The summed E-state index contributed by atoms with van der Waals surface area (Å²) in [7, 11) is 2.22. The van der Waals surface area contributed by atoms with Crippen molar-refractivity contribution in [1.82, 2.24) is 4.90 Å². The molecule has 2 heterocycles. The van der Waals surface area contributed by atoms with Gasteiger partial charge in [-0.3, -0.25) is 4.79 Å². The van der Waals surface area contributed by atoms with E-state index in [-0.39, 0.29) is 5.92 Å². The Morgan fingerprint density at radius 3 is 2.45 bits per heavy atom. The summed E-state index contributed by atoms with van der Waals surface area (Å²) in [6, 6.07) is 9.53. The molecule has 2 unspecified atom stereocenters. The molecule has 1 aromatic rings.